The number of benzene rings is 1. The number of rotatable bonds is 8. The van der Waals surface area contributed by atoms with Crippen molar-refractivity contribution in [1.82, 2.24) is 19.6 Å². The first kappa shape index (κ1) is 23.6. The van der Waals surface area contributed by atoms with Gasteiger partial charge in [-0.25, -0.2) is 18.4 Å². The van der Waals surface area contributed by atoms with Gasteiger partial charge in [0.25, 0.3) is 0 Å². The second kappa shape index (κ2) is 10.1. The molecule has 0 atom stereocenters. The van der Waals surface area contributed by atoms with Crippen LogP contribution in [0, 0.1) is 24.5 Å². The topological polar surface area (TPSA) is 99.2 Å². The monoisotopic (exact) mass is 472 g/mol. The molecule has 1 aliphatic carbocycles. The molecule has 180 valence electrons. The molecule has 8 nitrogen and oxygen atoms in total. The molecule has 1 aliphatic rings. The third-order valence-electron chi connectivity index (χ3n) is 6.12. The second-order valence-electron chi connectivity index (χ2n) is 8.65. The summed E-state index contributed by atoms with van der Waals surface area (Å²) in [5.41, 5.74) is 1.13. The number of aromatic nitrogens is 4. The zero-order valence-corrected chi connectivity index (χ0v) is 18.8. The molecule has 1 saturated carbocycles. The number of carbonyl (C=O) groups is 2. The first-order valence-corrected chi connectivity index (χ1v) is 11.3. The Bertz CT molecular complexity index is 1200. The molecule has 0 saturated heterocycles. The van der Waals surface area contributed by atoms with Crippen LogP contribution in [0.25, 0.3) is 0 Å². The molecule has 2 heterocycles. The first-order chi connectivity index (χ1) is 16.3. The Morgan fingerprint density at radius 3 is 2.50 bits per heavy atom. The van der Waals surface area contributed by atoms with Crippen LogP contribution < -0.4 is 0 Å². The average Bonchev–Trinajstić information content (AvgIpc) is 3.38. The Morgan fingerprint density at radius 1 is 1.06 bits per heavy atom. The zero-order valence-electron chi connectivity index (χ0n) is 18.8. The number of nitrogens with zero attached hydrogens (tertiary/aromatic N) is 4. The third-order valence-corrected chi connectivity index (χ3v) is 6.12. The molecule has 0 radical (unpaired) electrons. The third kappa shape index (κ3) is 5.49. The van der Waals surface area contributed by atoms with Gasteiger partial charge in [-0.2, -0.15) is 10.2 Å². The molecular formula is C24H26F2N4O4. The van der Waals surface area contributed by atoms with E-state index in [1.165, 1.54) is 36.1 Å². The number of halogens is 2. The van der Waals surface area contributed by atoms with Gasteiger partial charge in [0.1, 0.15) is 18.2 Å². The smallest absolute Gasteiger partial charge is 0.359 e. The van der Waals surface area contributed by atoms with Gasteiger partial charge in [-0.05, 0) is 43.9 Å². The van der Waals surface area contributed by atoms with Crippen molar-refractivity contribution in [3.8, 4) is 0 Å². The highest BCUT2D eigenvalue weighted by atomic mass is 19.1. The number of ether oxygens (including phenoxy) is 1. The van der Waals surface area contributed by atoms with Crippen molar-refractivity contribution in [2.75, 3.05) is 0 Å². The Morgan fingerprint density at radius 2 is 1.79 bits per heavy atom. The largest absolute Gasteiger partial charge is 0.476 e. The lowest BCUT2D eigenvalue weighted by molar-refractivity contribution is 0.0454. The number of hydrogen-bond donors (Lipinski definition) is 1. The van der Waals surface area contributed by atoms with Crippen LogP contribution >= 0.6 is 0 Å². The quantitative estimate of drug-likeness (QED) is 0.490. The lowest BCUT2D eigenvalue weighted by Crippen LogP contribution is -2.16. The van der Waals surface area contributed by atoms with Crippen LogP contribution in [0.1, 0.15) is 70.0 Å². The van der Waals surface area contributed by atoms with E-state index in [0.717, 1.165) is 37.2 Å². The van der Waals surface area contributed by atoms with Crippen LogP contribution in [-0.4, -0.2) is 36.6 Å². The highest BCUT2D eigenvalue weighted by molar-refractivity contribution is 5.87. The molecular weight excluding hydrogens is 446 g/mol. The van der Waals surface area contributed by atoms with E-state index in [1.807, 2.05) is 11.6 Å². The van der Waals surface area contributed by atoms with Crippen molar-refractivity contribution in [1.29, 1.82) is 0 Å². The molecule has 34 heavy (non-hydrogen) atoms. The summed E-state index contributed by atoms with van der Waals surface area (Å²) >= 11 is 0. The number of aryl methyl sites for hydroxylation is 1. The van der Waals surface area contributed by atoms with Gasteiger partial charge in [-0.15, -0.1) is 0 Å². The van der Waals surface area contributed by atoms with Gasteiger partial charge in [0.05, 0.1) is 12.2 Å². The number of carbonyl (C=O) groups excluding carboxylic acids is 1. The highest BCUT2D eigenvalue weighted by Crippen LogP contribution is 2.25. The van der Waals surface area contributed by atoms with Gasteiger partial charge < -0.3 is 9.84 Å². The summed E-state index contributed by atoms with van der Waals surface area (Å²) in [7, 11) is 0. The van der Waals surface area contributed by atoms with E-state index in [0.29, 0.717) is 5.92 Å². The Hall–Kier alpha value is -3.56. The molecule has 3 aromatic rings. The fourth-order valence-corrected chi connectivity index (χ4v) is 4.25. The van der Waals surface area contributed by atoms with Crippen molar-refractivity contribution in [3.63, 3.8) is 0 Å². The number of esters is 1. The number of carboxylic acid groups (broad SMARTS) is 1. The first-order valence-electron chi connectivity index (χ1n) is 11.3. The molecule has 0 unspecified atom stereocenters. The van der Waals surface area contributed by atoms with Crippen LogP contribution in [0.3, 0.4) is 0 Å². The molecule has 1 aromatic carbocycles. The fourth-order valence-electron chi connectivity index (χ4n) is 4.25. The normalized spacial score (nSPS) is 14.3. The molecule has 1 N–H and O–H groups in total. The summed E-state index contributed by atoms with van der Waals surface area (Å²) in [6.45, 7) is 2.22. The Balaban J connectivity index is 1.46. The summed E-state index contributed by atoms with van der Waals surface area (Å²) in [6, 6.07) is 6.02. The summed E-state index contributed by atoms with van der Waals surface area (Å²) < 4.78 is 35.7. The molecule has 0 bridgehead atoms. The number of hydrogen-bond acceptors (Lipinski definition) is 5. The predicted molar refractivity (Wildman–Crippen MR) is 117 cm³/mol. The van der Waals surface area contributed by atoms with E-state index in [1.54, 1.807) is 6.07 Å². The summed E-state index contributed by atoms with van der Waals surface area (Å²) in [6.07, 6.45) is 6.01. The van der Waals surface area contributed by atoms with E-state index in [9.17, 15) is 23.5 Å². The Kier molecular flexibility index (Phi) is 7.04. The minimum absolute atomic E-state index is 0.117. The van der Waals surface area contributed by atoms with Crippen molar-refractivity contribution in [2.45, 2.75) is 58.7 Å². The van der Waals surface area contributed by atoms with Gasteiger partial charge in [-0.3, -0.25) is 9.36 Å². The maximum absolute atomic E-state index is 14.1. The molecule has 1 fully saturated rings. The van der Waals surface area contributed by atoms with Crippen molar-refractivity contribution >= 4 is 11.9 Å². The minimum atomic E-state index is -1.28. The van der Waals surface area contributed by atoms with Crippen LogP contribution in [-0.2, 0) is 24.4 Å². The number of aromatic carboxylic acids is 1. The van der Waals surface area contributed by atoms with Crippen LogP contribution in [0.5, 0.6) is 0 Å². The molecule has 10 heteroatoms. The second-order valence-corrected chi connectivity index (χ2v) is 8.65. The predicted octanol–water partition coefficient (Wildman–Crippen LogP) is 4.35. The lowest BCUT2D eigenvalue weighted by Gasteiger charge is -2.21. The standard InChI is InChI=1S/C24H26F2N4O4/c1-15-9-22(28-29(15)12-16-5-3-2-4-6-16)24(33)34-14-19-11-21(23(31)32)27-30(19)13-17-7-8-18(25)10-20(17)26/h7-11,16H,2-6,12-14H2,1H3,(H,31,32). The van der Waals surface area contributed by atoms with Crippen molar-refractivity contribution < 1.29 is 28.2 Å². The maximum Gasteiger partial charge on any atom is 0.359 e. The van der Waals surface area contributed by atoms with E-state index >= 15 is 0 Å². The summed E-state index contributed by atoms with van der Waals surface area (Å²) in [5, 5.41) is 17.6. The van der Waals surface area contributed by atoms with E-state index in [4.69, 9.17) is 4.74 Å². The molecule has 0 aliphatic heterocycles. The SMILES string of the molecule is Cc1cc(C(=O)OCc2cc(C(=O)O)nn2Cc2ccc(F)cc2F)nn1CC1CCCCC1. The van der Waals surface area contributed by atoms with Gasteiger partial charge >= 0.3 is 11.9 Å². The van der Waals surface area contributed by atoms with E-state index in [-0.39, 0.29) is 35.8 Å². The fraction of sp³-hybridized carbons (Fsp3) is 0.417. The highest BCUT2D eigenvalue weighted by Gasteiger charge is 2.20. The minimum Gasteiger partial charge on any atom is -0.476 e. The van der Waals surface area contributed by atoms with Crippen LogP contribution in [0.15, 0.2) is 30.3 Å². The molecule has 4 rings (SSSR count). The van der Waals surface area contributed by atoms with E-state index in [2.05, 4.69) is 10.2 Å². The van der Waals surface area contributed by atoms with Crippen molar-refractivity contribution in [2.24, 2.45) is 5.92 Å². The number of carboxylic acids is 1. The molecule has 0 amide bonds. The summed E-state index contributed by atoms with van der Waals surface area (Å²) in [5.74, 6) is -2.88. The van der Waals surface area contributed by atoms with E-state index < -0.39 is 23.6 Å². The lowest BCUT2D eigenvalue weighted by atomic mass is 9.89. The zero-order chi connectivity index (χ0) is 24.2. The van der Waals surface area contributed by atoms with Crippen molar-refractivity contribution in [3.05, 3.63) is 70.3 Å². The summed E-state index contributed by atoms with van der Waals surface area (Å²) in [4.78, 5) is 24.0. The maximum atomic E-state index is 14.1. The van der Waals surface area contributed by atoms with Crippen LogP contribution in [0.4, 0.5) is 8.78 Å². The van der Waals surface area contributed by atoms with Gasteiger partial charge in [0.2, 0.25) is 0 Å². The van der Waals surface area contributed by atoms with Crippen LogP contribution in [0.2, 0.25) is 0 Å². The molecule has 0 spiro atoms. The van der Waals surface area contributed by atoms with Gasteiger partial charge in [0, 0.05) is 23.9 Å². The molecule has 2 aromatic heterocycles. The average molecular weight is 472 g/mol. The Labute approximate surface area is 195 Å². The van der Waals surface area contributed by atoms with Gasteiger partial charge in [0.15, 0.2) is 11.4 Å². The van der Waals surface area contributed by atoms with Gasteiger partial charge in [-0.1, -0.05) is 25.3 Å².